The number of rotatable bonds is 8. The van der Waals surface area contributed by atoms with Crippen LogP contribution in [0.25, 0.3) is 0 Å². The van der Waals surface area contributed by atoms with Crippen LogP contribution in [0.4, 0.5) is 4.39 Å². The Kier molecular flexibility index (Phi) is 8.01. The van der Waals surface area contributed by atoms with Gasteiger partial charge in [0, 0.05) is 17.1 Å². The Bertz CT molecular complexity index is 1000. The minimum Gasteiger partial charge on any atom is -0.394 e. The van der Waals surface area contributed by atoms with Crippen molar-refractivity contribution in [2.45, 2.75) is 42.4 Å². The van der Waals surface area contributed by atoms with Crippen LogP contribution in [0.5, 0.6) is 0 Å². The molecule has 3 N–H and O–H groups in total. The first-order valence-electron chi connectivity index (χ1n) is 9.86. The summed E-state index contributed by atoms with van der Waals surface area (Å²) in [5.74, 6) is -0.806. The molecule has 0 unspecified atom stereocenters. The number of hydrogen-bond donors (Lipinski definition) is 3. The number of hydrogen-bond acceptors (Lipinski definition) is 5. The molecule has 7 nitrogen and oxygen atoms in total. The number of ether oxygens (including phenoxy) is 1. The van der Waals surface area contributed by atoms with Gasteiger partial charge >= 0.3 is 0 Å². The first-order valence-corrected chi connectivity index (χ1v) is 11.7. The smallest absolute Gasteiger partial charge is 0.251 e. The van der Waals surface area contributed by atoms with Crippen molar-refractivity contribution in [1.29, 1.82) is 0 Å². The molecule has 31 heavy (non-hydrogen) atoms. The highest BCUT2D eigenvalue weighted by atomic mass is 35.5. The van der Waals surface area contributed by atoms with Crippen LogP contribution in [-0.2, 0) is 14.8 Å². The molecule has 168 valence electrons. The molecule has 10 heteroatoms. The molecule has 0 spiro atoms. The van der Waals surface area contributed by atoms with E-state index < -0.39 is 28.0 Å². The van der Waals surface area contributed by atoms with E-state index in [1.54, 1.807) is 12.1 Å². The molecular weight excluding hydrogens is 447 g/mol. The van der Waals surface area contributed by atoms with E-state index in [4.69, 9.17) is 16.3 Å². The van der Waals surface area contributed by atoms with Crippen molar-refractivity contribution in [2.24, 2.45) is 0 Å². The molecule has 1 aliphatic heterocycles. The highest BCUT2D eigenvalue weighted by molar-refractivity contribution is 7.89. The number of nitrogens with one attached hydrogen (secondary N) is 2. The van der Waals surface area contributed by atoms with Gasteiger partial charge in [-0.05, 0) is 61.7 Å². The third-order valence-corrected chi connectivity index (χ3v) is 6.78. The molecule has 0 aromatic heterocycles. The molecule has 0 saturated carbocycles. The largest absolute Gasteiger partial charge is 0.394 e. The zero-order valence-electron chi connectivity index (χ0n) is 16.6. The lowest BCUT2D eigenvalue weighted by Crippen LogP contribution is -2.51. The van der Waals surface area contributed by atoms with Crippen molar-refractivity contribution in [1.82, 2.24) is 10.0 Å². The number of benzene rings is 2. The second-order valence-electron chi connectivity index (χ2n) is 7.29. The van der Waals surface area contributed by atoms with Gasteiger partial charge in [0.15, 0.2) is 0 Å². The summed E-state index contributed by atoms with van der Waals surface area (Å²) in [5, 5.41) is 12.8. The highest BCUT2D eigenvalue weighted by Gasteiger charge is 2.32. The molecule has 3 atom stereocenters. The maximum Gasteiger partial charge on any atom is 0.251 e. The lowest BCUT2D eigenvalue weighted by Gasteiger charge is -2.36. The molecule has 1 amide bonds. The molecule has 0 bridgehead atoms. The van der Waals surface area contributed by atoms with Gasteiger partial charge in [-0.25, -0.2) is 17.5 Å². The van der Waals surface area contributed by atoms with Crippen molar-refractivity contribution in [3.63, 3.8) is 0 Å². The summed E-state index contributed by atoms with van der Waals surface area (Å²) in [6.45, 7) is -0.136. The summed E-state index contributed by atoms with van der Waals surface area (Å²) in [7, 11) is -3.69. The number of aliphatic hydroxyl groups is 1. The number of aliphatic hydroxyl groups excluding tert-OH is 1. The second kappa shape index (κ2) is 10.5. The van der Waals surface area contributed by atoms with Crippen LogP contribution in [0, 0.1) is 5.82 Å². The van der Waals surface area contributed by atoms with Crippen LogP contribution in [0.15, 0.2) is 53.4 Å². The summed E-state index contributed by atoms with van der Waals surface area (Å²) >= 11 is 5.85. The average molecular weight is 471 g/mol. The normalized spacial score (nSPS) is 21.6. The average Bonchev–Trinajstić information content (AvgIpc) is 2.75. The van der Waals surface area contributed by atoms with Crippen LogP contribution in [0.3, 0.4) is 0 Å². The van der Waals surface area contributed by atoms with E-state index in [1.807, 2.05) is 0 Å². The van der Waals surface area contributed by atoms with Gasteiger partial charge in [-0.1, -0.05) is 17.7 Å². The monoisotopic (exact) mass is 470 g/mol. The number of halogens is 2. The summed E-state index contributed by atoms with van der Waals surface area (Å²) < 4.78 is 46.1. The van der Waals surface area contributed by atoms with Gasteiger partial charge in [-0.3, -0.25) is 4.79 Å². The van der Waals surface area contributed by atoms with Crippen molar-refractivity contribution < 1.29 is 27.4 Å². The Labute approximate surface area is 185 Å². The summed E-state index contributed by atoms with van der Waals surface area (Å²) in [6.07, 6.45) is 0.675. The lowest BCUT2D eigenvalue weighted by molar-refractivity contribution is -0.0891. The maximum absolute atomic E-state index is 13.0. The van der Waals surface area contributed by atoms with Gasteiger partial charge in [-0.15, -0.1) is 0 Å². The zero-order chi connectivity index (χ0) is 22.4. The Morgan fingerprint density at radius 3 is 2.61 bits per heavy atom. The molecule has 3 rings (SSSR count). The standard InChI is InChI=1S/C21H24ClFN2O5S/c22-15-2-1-3-18(12-15)31(28,29)24-11-10-17-8-9-19(20(13-26)30-17)25-21(27)14-4-6-16(23)7-5-14/h1-7,12,17,19-20,24,26H,8-11,13H2,(H,25,27)/t17-,19+,20+/m0/s1. The third kappa shape index (κ3) is 6.47. The Balaban J connectivity index is 1.50. The maximum atomic E-state index is 13.0. The molecule has 2 aromatic carbocycles. The first kappa shape index (κ1) is 23.6. The fourth-order valence-electron chi connectivity index (χ4n) is 3.43. The predicted molar refractivity (Wildman–Crippen MR) is 114 cm³/mol. The Morgan fingerprint density at radius 2 is 1.94 bits per heavy atom. The summed E-state index contributed by atoms with van der Waals surface area (Å²) in [4.78, 5) is 12.4. The zero-order valence-corrected chi connectivity index (χ0v) is 18.2. The van der Waals surface area contributed by atoms with Gasteiger partial charge in [0.1, 0.15) is 11.9 Å². The van der Waals surface area contributed by atoms with Crippen molar-refractivity contribution in [3.05, 3.63) is 64.9 Å². The van der Waals surface area contributed by atoms with Crippen LogP contribution >= 0.6 is 11.6 Å². The minimum absolute atomic E-state index is 0.0846. The van der Waals surface area contributed by atoms with E-state index in [1.165, 1.54) is 36.4 Å². The topological polar surface area (TPSA) is 105 Å². The fraction of sp³-hybridized carbons (Fsp3) is 0.381. The first-order chi connectivity index (χ1) is 14.8. The van der Waals surface area contributed by atoms with Gasteiger partial charge in [0.05, 0.1) is 23.6 Å². The van der Waals surface area contributed by atoms with Crippen LogP contribution in [-0.4, -0.2) is 50.8 Å². The van der Waals surface area contributed by atoms with Crippen molar-refractivity contribution >= 4 is 27.5 Å². The fourth-order valence-corrected chi connectivity index (χ4v) is 4.78. The molecule has 1 saturated heterocycles. The predicted octanol–water partition coefficient (Wildman–Crippen LogP) is 2.49. The number of sulfonamides is 1. The van der Waals surface area contributed by atoms with Crippen molar-refractivity contribution in [3.8, 4) is 0 Å². The molecule has 2 aromatic rings. The van der Waals surface area contributed by atoms with E-state index in [2.05, 4.69) is 10.0 Å². The van der Waals surface area contributed by atoms with Crippen molar-refractivity contribution in [2.75, 3.05) is 13.2 Å². The van der Waals surface area contributed by atoms with Gasteiger partial charge in [0.2, 0.25) is 10.0 Å². The number of carbonyl (C=O) groups is 1. The molecule has 0 radical (unpaired) electrons. The van der Waals surface area contributed by atoms with E-state index in [-0.39, 0.29) is 30.1 Å². The van der Waals surface area contributed by atoms with E-state index in [9.17, 15) is 22.7 Å². The third-order valence-electron chi connectivity index (χ3n) is 5.08. The molecule has 1 fully saturated rings. The SMILES string of the molecule is O=C(N[C@@H]1CC[C@@H](CCNS(=O)(=O)c2cccc(Cl)c2)O[C@@H]1CO)c1ccc(F)cc1. The van der Waals surface area contributed by atoms with Gasteiger partial charge in [-0.2, -0.15) is 0 Å². The van der Waals surface area contributed by atoms with Crippen LogP contribution in [0.1, 0.15) is 29.6 Å². The quantitative estimate of drug-likeness (QED) is 0.549. The number of amides is 1. The van der Waals surface area contributed by atoms with E-state index in [0.29, 0.717) is 29.8 Å². The molecular formula is C21H24ClFN2O5S. The molecule has 0 aliphatic carbocycles. The van der Waals surface area contributed by atoms with E-state index >= 15 is 0 Å². The van der Waals surface area contributed by atoms with E-state index in [0.717, 1.165) is 0 Å². The van der Waals surface area contributed by atoms with Crippen LogP contribution < -0.4 is 10.0 Å². The Hall–Kier alpha value is -2.04. The van der Waals surface area contributed by atoms with Gasteiger partial charge in [0.25, 0.3) is 5.91 Å². The highest BCUT2D eigenvalue weighted by Crippen LogP contribution is 2.22. The molecule has 1 heterocycles. The number of carbonyl (C=O) groups excluding carboxylic acids is 1. The van der Waals surface area contributed by atoms with Gasteiger partial charge < -0.3 is 15.2 Å². The lowest BCUT2D eigenvalue weighted by atomic mass is 9.97. The Morgan fingerprint density at radius 1 is 1.19 bits per heavy atom. The summed E-state index contributed by atoms with van der Waals surface area (Å²) in [6, 6.07) is 10.8. The molecule has 1 aliphatic rings. The minimum atomic E-state index is -3.69. The van der Waals surface area contributed by atoms with Crippen LogP contribution in [0.2, 0.25) is 5.02 Å². The second-order valence-corrected chi connectivity index (χ2v) is 9.49. The summed E-state index contributed by atoms with van der Waals surface area (Å²) in [5.41, 5.74) is 0.315.